The fraction of sp³-hybridized carbons (Fsp3) is 0.250. The van der Waals surface area contributed by atoms with Crippen LogP contribution in [0, 0.1) is 0 Å². The largest absolute Gasteiger partial charge is 0.0961 e. The van der Waals surface area contributed by atoms with E-state index in [1.165, 1.54) is 11.1 Å². The standard InChI is InChI=1S/C16H20/c1-4-15-11-8-9-13-16(15)12-7-5-6-10-14(2)3/h5-11,13H,2,4,12H2,1,3H3/b7-5-,10-6-. The van der Waals surface area contributed by atoms with Crippen molar-refractivity contribution in [2.75, 3.05) is 0 Å². The van der Waals surface area contributed by atoms with E-state index in [2.05, 4.69) is 49.9 Å². The molecule has 0 aliphatic heterocycles. The molecular weight excluding hydrogens is 192 g/mol. The van der Waals surface area contributed by atoms with E-state index < -0.39 is 0 Å². The molecule has 1 aromatic rings. The molecule has 1 aromatic carbocycles. The zero-order valence-electron chi connectivity index (χ0n) is 10.2. The van der Waals surface area contributed by atoms with Crippen LogP contribution in [0.25, 0.3) is 0 Å². The van der Waals surface area contributed by atoms with Gasteiger partial charge in [0.15, 0.2) is 0 Å². The molecule has 0 radical (unpaired) electrons. The smallest absolute Gasteiger partial charge is 0.00916 e. The van der Waals surface area contributed by atoms with Gasteiger partial charge in [-0.1, -0.05) is 67.6 Å². The summed E-state index contributed by atoms with van der Waals surface area (Å²) in [6.45, 7) is 8.01. The molecule has 0 bridgehead atoms. The molecule has 0 amide bonds. The zero-order chi connectivity index (χ0) is 11.8. The summed E-state index contributed by atoms with van der Waals surface area (Å²) in [6, 6.07) is 8.61. The summed E-state index contributed by atoms with van der Waals surface area (Å²) in [7, 11) is 0. The van der Waals surface area contributed by atoms with Gasteiger partial charge in [0.05, 0.1) is 0 Å². The molecule has 1 rings (SSSR count). The van der Waals surface area contributed by atoms with Crippen molar-refractivity contribution in [1.82, 2.24) is 0 Å². The Morgan fingerprint density at radius 3 is 2.50 bits per heavy atom. The second kappa shape index (κ2) is 6.84. The lowest BCUT2D eigenvalue weighted by Gasteiger charge is -2.03. The molecule has 0 aliphatic carbocycles. The maximum absolute atomic E-state index is 3.82. The second-order valence-corrected chi connectivity index (χ2v) is 3.96. The fourth-order valence-corrected chi connectivity index (χ4v) is 1.59. The Balaban J connectivity index is 2.57. The van der Waals surface area contributed by atoms with Gasteiger partial charge in [0, 0.05) is 0 Å². The second-order valence-electron chi connectivity index (χ2n) is 3.96. The van der Waals surface area contributed by atoms with Crippen LogP contribution >= 0.6 is 0 Å². The van der Waals surface area contributed by atoms with Crippen LogP contribution in [0.1, 0.15) is 25.0 Å². The summed E-state index contributed by atoms with van der Waals surface area (Å²) < 4.78 is 0. The highest BCUT2D eigenvalue weighted by Crippen LogP contribution is 2.10. The Hall–Kier alpha value is -1.56. The highest BCUT2D eigenvalue weighted by Gasteiger charge is 1.95. The third-order valence-electron chi connectivity index (χ3n) is 2.46. The quantitative estimate of drug-likeness (QED) is 0.631. The molecule has 16 heavy (non-hydrogen) atoms. The van der Waals surface area contributed by atoms with Crippen LogP contribution in [0.5, 0.6) is 0 Å². The highest BCUT2D eigenvalue weighted by molar-refractivity contribution is 5.29. The predicted octanol–water partition coefficient (Wildman–Crippen LogP) is 4.48. The van der Waals surface area contributed by atoms with Gasteiger partial charge in [-0.2, -0.15) is 0 Å². The summed E-state index contributed by atoms with van der Waals surface area (Å²) >= 11 is 0. The average Bonchev–Trinajstić information content (AvgIpc) is 2.29. The zero-order valence-corrected chi connectivity index (χ0v) is 10.2. The van der Waals surface area contributed by atoms with E-state index in [1.54, 1.807) is 0 Å². The molecular formula is C16H20. The predicted molar refractivity (Wildman–Crippen MR) is 72.6 cm³/mol. The molecule has 0 aliphatic rings. The van der Waals surface area contributed by atoms with Gasteiger partial charge in [-0.05, 0) is 30.9 Å². The van der Waals surface area contributed by atoms with Crippen LogP contribution in [0.3, 0.4) is 0 Å². The fourth-order valence-electron chi connectivity index (χ4n) is 1.59. The summed E-state index contributed by atoms with van der Waals surface area (Å²) in [5.41, 5.74) is 3.94. The Kier molecular flexibility index (Phi) is 5.35. The Morgan fingerprint density at radius 2 is 1.88 bits per heavy atom. The Bertz CT molecular complexity index is 394. The van der Waals surface area contributed by atoms with Gasteiger partial charge < -0.3 is 0 Å². The molecule has 0 aromatic heterocycles. The van der Waals surface area contributed by atoms with Crippen LogP contribution in [-0.2, 0) is 12.8 Å². The number of aryl methyl sites for hydroxylation is 1. The molecule has 0 fully saturated rings. The molecule has 84 valence electrons. The van der Waals surface area contributed by atoms with Gasteiger partial charge in [-0.25, -0.2) is 0 Å². The minimum absolute atomic E-state index is 1.00. The molecule has 0 saturated carbocycles. The molecule has 0 atom stereocenters. The third-order valence-corrected chi connectivity index (χ3v) is 2.46. The average molecular weight is 212 g/mol. The number of allylic oxidation sites excluding steroid dienone is 5. The van der Waals surface area contributed by atoms with E-state index in [4.69, 9.17) is 0 Å². The monoisotopic (exact) mass is 212 g/mol. The van der Waals surface area contributed by atoms with Crippen molar-refractivity contribution in [2.24, 2.45) is 0 Å². The van der Waals surface area contributed by atoms with Gasteiger partial charge in [0.1, 0.15) is 0 Å². The lowest BCUT2D eigenvalue weighted by molar-refractivity contribution is 1.08. The Morgan fingerprint density at radius 1 is 1.19 bits per heavy atom. The summed E-state index contributed by atoms with van der Waals surface area (Å²) in [5, 5.41) is 0. The van der Waals surface area contributed by atoms with Gasteiger partial charge in [0.25, 0.3) is 0 Å². The first-order valence-electron chi connectivity index (χ1n) is 5.79. The van der Waals surface area contributed by atoms with Gasteiger partial charge >= 0.3 is 0 Å². The van der Waals surface area contributed by atoms with Crippen molar-refractivity contribution in [3.63, 3.8) is 0 Å². The van der Waals surface area contributed by atoms with Crippen LogP contribution in [0.15, 0.2) is 60.7 Å². The van der Waals surface area contributed by atoms with E-state index in [0.717, 1.165) is 18.4 Å². The number of hydrogen-bond acceptors (Lipinski definition) is 0. The molecule has 0 heteroatoms. The third kappa shape index (κ3) is 4.31. The first kappa shape index (κ1) is 12.5. The highest BCUT2D eigenvalue weighted by atomic mass is 14.0. The number of rotatable bonds is 5. The molecule has 0 nitrogen and oxygen atoms in total. The summed E-state index contributed by atoms with van der Waals surface area (Å²) in [4.78, 5) is 0. The first-order chi connectivity index (χ1) is 7.74. The SMILES string of the molecule is C=C(C)/C=C\C=C/Cc1ccccc1CC. The maximum atomic E-state index is 3.82. The normalized spacial score (nSPS) is 11.4. The molecule has 0 unspecified atom stereocenters. The van der Waals surface area contributed by atoms with Crippen molar-refractivity contribution < 1.29 is 0 Å². The van der Waals surface area contributed by atoms with Gasteiger partial charge in [0.2, 0.25) is 0 Å². The minimum atomic E-state index is 1.00. The molecule has 0 spiro atoms. The van der Waals surface area contributed by atoms with Gasteiger partial charge in [-0.3, -0.25) is 0 Å². The first-order valence-corrected chi connectivity index (χ1v) is 5.79. The molecule has 0 heterocycles. The summed E-state index contributed by atoms with van der Waals surface area (Å²) in [5.74, 6) is 0. The Labute approximate surface area is 99.0 Å². The van der Waals surface area contributed by atoms with Crippen LogP contribution in [0.4, 0.5) is 0 Å². The maximum Gasteiger partial charge on any atom is -0.00916 e. The van der Waals surface area contributed by atoms with Crippen molar-refractivity contribution in [1.29, 1.82) is 0 Å². The van der Waals surface area contributed by atoms with E-state index in [0.29, 0.717) is 0 Å². The van der Waals surface area contributed by atoms with Crippen molar-refractivity contribution >= 4 is 0 Å². The number of benzene rings is 1. The van der Waals surface area contributed by atoms with Crippen molar-refractivity contribution in [3.8, 4) is 0 Å². The van der Waals surface area contributed by atoms with E-state index in [-0.39, 0.29) is 0 Å². The minimum Gasteiger partial charge on any atom is -0.0961 e. The van der Waals surface area contributed by atoms with Crippen LogP contribution in [-0.4, -0.2) is 0 Å². The van der Waals surface area contributed by atoms with Crippen LogP contribution in [0.2, 0.25) is 0 Å². The van der Waals surface area contributed by atoms with E-state index in [1.807, 2.05) is 19.1 Å². The molecule has 0 N–H and O–H groups in total. The lowest BCUT2D eigenvalue weighted by atomic mass is 10.0. The number of hydrogen-bond donors (Lipinski definition) is 0. The summed E-state index contributed by atoms with van der Waals surface area (Å²) in [6.07, 6.45) is 10.4. The van der Waals surface area contributed by atoms with Gasteiger partial charge in [-0.15, -0.1) is 0 Å². The topological polar surface area (TPSA) is 0 Å². The lowest BCUT2D eigenvalue weighted by Crippen LogP contribution is -1.89. The van der Waals surface area contributed by atoms with Crippen molar-refractivity contribution in [3.05, 3.63) is 71.8 Å². The van der Waals surface area contributed by atoms with Crippen molar-refractivity contribution in [2.45, 2.75) is 26.7 Å². The van der Waals surface area contributed by atoms with Crippen LogP contribution < -0.4 is 0 Å². The van der Waals surface area contributed by atoms with E-state index in [9.17, 15) is 0 Å². The molecule has 0 saturated heterocycles. The van der Waals surface area contributed by atoms with E-state index >= 15 is 0 Å².